The number of thiophene rings is 1. The molecule has 1 fully saturated rings. The standard InChI is InChI=1S/C17H22N4OS/c1-12-5-8-23-16(12)17(22)21-6-2-3-13(4-7-21)9-14-10-20-15(18)11-19-14/h5,8,10-11,13H,2-4,6-7,9H2,1H3,(H2,18,20). The third kappa shape index (κ3) is 3.88. The number of likely N-dealkylation sites (tertiary alicyclic amines) is 1. The molecule has 0 bridgehead atoms. The first-order valence-electron chi connectivity index (χ1n) is 8.03. The van der Waals surface area contributed by atoms with Crippen molar-refractivity contribution in [2.75, 3.05) is 18.8 Å². The Kier molecular flexibility index (Phi) is 4.91. The Balaban J connectivity index is 1.60. The van der Waals surface area contributed by atoms with E-state index in [1.165, 1.54) is 0 Å². The number of aromatic nitrogens is 2. The average Bonchev–Trinajstić information content (AvgIpc) is 2.84. The highest BCUT2D eigenvalue weighted by Crippen LogP contribution is 2.24. The summed E-state index contributed by atoms with van der Waals surface area (Å²) in [6, 6.07) is 2.01. The van der Waals surface area contributed by atoms with Crippen LogP contribution in [0.5, 0.6) is 0 Å². The van der Waals surface area contributed by atoms with E-state index < -0.39 is 0 Å². The van der Waals surface area contributed by atoms with Crippen LogP contribution in [0.4, 0.5) is 5.82 Å². The molecule has 1 aliphatic rings. The van der Waals surface area contributed by atoms with Crippen molar-refractivity contribution in [3.8, 4) is 0 Å². The Morgan fingerprint density at radius 2 is 2.22 bits per heavy atom. The molecule has 2 aromatic rings. The molecule has 3 heterocycles. The van der Waals surface area contributed by atoms with Crippen molar-refractivity contribution < 1.29 is 4.79 Å². The number of hydrogen-bond donors (Lipinski definition) is 1. The SMILES string of the molecule is Cc1ccsc1C(=O)N1CCCC(Cc2cnc(N)cn2)CC1. The van der Waals surface area contributed by atoms with Gasteiger partial charge in [-0.3, -0.25) is 9.78 Å². The number of carbonyl (C=O) groups is 1. The van der Waals surface area contributed by atoms with Gasteiger partial charge in [-0.25, -0.2) is 4.98 Å². The molecule has 3 rings (SSSR count). The van der Waals surface area contributed by atoms with Gasteiger partial charge in [0.25, 0.3) is 5.91 Å². The monoisotopic (exact) mass is 330 g/mol. The van der Waals surface area contributed by atoms with Crippen LogP contribution in [0.15, 0.2) is 23.8 Å². The molecule has 1 amide bonds. The Morgan fingerprint density at radius 3 is 2.91 bits per heavy atom. The molecule has 6 heteroatoms. The zero-order chi connectivity index (χ0) is 16.2. The van der Waals surface area contributed by atoms with E-state index in [9.17, 15) is 4.79 Å². The topological polar surface area (TPSA) is 72.1 Å². The zero-order valence-electron chi connectivity index (χ0n) is 13.4. The molecule has 2 N–H and O–H groups in total. The van der Waals surface area contributed by atoms with E-state index in [-0.39, 0.29) is 5.91 Å². The van der Waals surface area contributed by atoms with Crippen LogP contribution in [0, 0.1) is 12.8 Å². The fraction of sp³-hybridized carbons (Fsp3) is 0.471. The minimum absolute atomic E-state index is 0.186. The highest BCUT2D eigenvalue weighted by Gasteiger charge is 2.23. The molecule has 5 nitrogen and oxygen atoms in total. The summed E-state index contributed by atoms with van der Waals surface area (Å²) in [5.74, 6) is 1.19. The number of amides is 1. The molecule has 0 aliphatic carbocycles. The van der Waals surface area contributed by atoms with Gasteiger partial charge >= 0.3 is 0 Å². The molecule has 1 aliphatic heterocycles. The maximum Gasteiger partial charge on any atom is 0.264 e. The molecule has 0 radical (unpaired) electrons. The lowest BCUT2D eigenvalue weighted by Gasteiger charge is -2.20. The summed E-state index contributed by atoms with van der Waals surface area (Å²) in [5, 5.41) is 1.99. The van der Waals surface area contributed by atoms with Gasteiger partial charge in [0, 0.05) is 13.1 Å². The number of aryl methyl sites for hydroxylation is 1. The number of anilines is 1. The van der Waals surface area contributed by atoms with Gasteiger partial charge in [0.05, 0.1) is 23.0 Å². The van der Waals surface area contributed by atoms with E-state index >= 15 is 0 Å². The van der Waals surface area contributed by atoms with E-state index in [1.54, 1.807) is 23.7 Å². The van der Waals surface area contributed by atoms with Gasteiger partial charge in [0.15, 0.2) is 0 Å². The summed E-state index contributed by atoms with van der Waals surface area (Å²) < 4.78 is 0. The van der Waals surface area contributed by atoms with Crippen molar-refractivity contribution in [3.63, 3.8) is 0 Å². The highest BCUT2D eigenvalue weighted by atomic mass is 32.1. The number of nitrogen functional groups attached to an aromatic ring is 1. The van der Waals surface area contributed by atoms with Gasteiger partial charge in [0.1, 0.15) is 5.82 Å². The molecule has 1 saturated heterocycles. The zero-order valence-corrected chi connectivity index (χ0v) is 14.2. The van der Waals surface area contributed by atoms with Gasteiger partial charge in [-0.2, -0.15) is 0 Å². The van der Waals surface area contributed by atoms with E-state index in [0.717, 1.165) is 54.9 Å². The lowest BCUT2D eigenvalue weighted by Crippen LogP contribution is -2.31. The van der Waals surface area contributed by atoms with Crippen LogP contribution in [0.2, 0.25) is 0 Å². The molecule has 1 atom stereocenters. The minimum Gasteiger partial charge on any atom is -0.382 e. The second kappa shape index (κ2) is 7.08. The largest absolute Gasteiger partial charge is 0.382 e. The summed E-state index contributed by atoms with van der Waals surface area (Å²) in [5.41, 5.74) is 7.64. The first kappa shape index (κ1) is 15.9. The minimum atomic E-state index is 0.186. The number of hydrogen-bond acceptors (Lipinski definition) is 5. The van der Waals surface area contributed by atoms with Crippen LogP contribution < -0.4 is 5.73 Å². The molecule has 1 unspecified atom stereocenters. The van der Waals surface area contributed by atoms with Crippen LogP contribution in [0.1, 0.15) is 40.2 Å². The molecular weight excluding hydrogens is 308 g/mol. The first-order chi connectivity index (χ1) is 11.1. The fourth-order valence-corrected chi connectivity index (χ4v) is 3.97. The molecule has 0 aromatic carbocycles. The smallest absolute Gasteiger partial charge is 0.264 e. The van der Waals surface area contributed by atoms with E-state index in [2.05, 4.69) is 9.97 Å². The summed E-state index contributed by atoms with van der Waals surface area (Å²) >= 11 is 1.54. The molecular formula is C17H22N4OS. The second-order valence-electron chi connectivity index (χ2n) is 6.16. The van der Waals surface area contributed by atoms with Crippen molar-refractivity contribution in [2.24, 2.45) is 5.92 Å². The maximum absolute atomic E-state index is 12.6. The van der Waals surface area contributed by atoms with Crippen LogP contribution >= 0.6 is 11.3 Å². The van der Waals surface area contributed by atoms with Crippen molar-refractivity contribution in [1.29, 1.82) is 0 Å². The summed E-state index contributed by atoms with van der Waals surface area (Å²) in [6.45, 7) is 3.67. The van der Waals surface area contributed by atoms with Crippen LogP contribution in [0.25, 0.3) is 0 Å². The molecule has 2 aromatic heterocycles. The third-order valence-corrected chi connectivity index (χ3v) is 5.42. The van der Waals surface area contributed by atoms with Gasteiger partial charge in [-0.1, -0.05) is 0 Å². The van der Waals surface area contributed by atoms with Crippen LogP contribution in [-0.4, -0.2) is 33.9 Å². The normalized spacial score (nSPS) is 18.7. The lowest BCUT2D eigenvalue weighted by molar-refractivity contribution is 0.0764. The quantitative estimate of drug-likeness (QED) is 0.939. The molecule has 23 heavy (non-hydrogen) atoms. The second-order valence-corrected chi connectivity index (χ2v) is 7.07. The number of nitrogens with two attached hydrogens (primary N) is 1. The van der Waals surface area contributed by atoms with Gasteiger partial charge in [-0.05, 0) is 55.5 Å². The number of carbonyl (C=O) groups excluding carboxylic acids is 1. The first-order valence-corrected chi connectivity index (χ1v) is 8.91. The maximum atomic E-state index is 12.6. The Labute approximate surface area is 140 Å². The predicted octanol–water partition coefficient (Wildman–Crippen LogP) is 2.91. The molecule has 0 spiro atoms. The van der Waals surface area contributed by atoms with E-state index in [4.69, 9.17) is 5.73 Å². The van der Waals surface area contributed by atoms with E-state index in [1.807, 2.05) is 23.3 Å². The van der Waals surface area contributed by atoms with Crippen molar-refractivity contribution in [2.45, 2.75) is 32.6 Å². The number of rotatable bonds is 3. The van der Waals surface area contributed by atoms with Gasteiger partial charge in [-0.15, -0.1) is 11.3 Å². The highest BCUT2D eigenvalue weighted by molar-refractivity contribution is 7.12. The predicted molar refractivity (Wildman–Crippen MR) is 92.4 cm³/mol. The summed E-state index contributed by atoms with van der Waals surface area (Å²) in [7, 11) is 0. The van der Waals surface area contributed by atoms with Crippen LogP contribution in [-0.2, 0) is 6.42 Å². The van der Waals surface area contributed by atoms with Crippen molar-refractivity contribution in [3.05, 3.63) is 40.0 Å². The summed E-state index contributed by atoms with van der Waals surface area (Å²) in [6.07, 6.45) is 7.47. The van der Waals surface area contributed by atoms with E-state index in [0.29, 0.717) is 11.7 Å². The Hall–Kier alpha value is -1.95. The molecule has 0 saturated carbocycles. The molecule has 122 valence electrons. The number of nitrogens with zero attached hydrogens (tertiary/aromatic N) is 3. The van der Waals surface area contributed by atoms with Crippen molar-refractivity contribution >= 4 is 23.1 Å². The van der Waals surface area contributed by atoms with Gasteiger partial charge < -0.3 is 10.6 Å². The fourth-order valence-electron chi connectivity index (χ4n) is 3.07. The third-order valence-electron chi connectivity index (χ3n) is 4.41. The average molecular weight is 330 g/mol. The van der Waals surface area contributed by atoms with Crippen molar-refractivity contribution in [1.82, 2.24) is 14.9 Å². The van der Waals surface area contributed by atoms with Gasteiger partial charge in [0.2, 0.25) is 0 Å². The Morgan fingerprint density at radius 1 is 1.35 bits per heavy atom. The van der Waals surface area contributed by atoms with Crippen LogP contribution in [0.3, 0.4) is 0 Å². The summed E-state index contributed by atoms with van der Waals surface area (Å²) in [4.78, 5) is 24.0. The Bertz CT molecular complexity index is 667. The lowest BCUT2D eigenvalue weighted by atomic mass is 9.95.